The molecule has 8 nitrogen and oxygen atoms in total. The summed E-state index contributed by atoms with van der Waals surface area (Å²) in [6.07, 6.45) is 1.50. The third-order valence-corrected chi connectivity index (χ3v) is 8.63. The molecule has 0 aromatic carbocycles. The molecular weight excluding hydrogens is 592 g/mol. The fourth-order valence-electron chi connectivity index (χ4n) is 5.58. The van der Waals surface area contributed by atoms with E-state index in [0.29, 0.717) is 12.8 Å². The number of nitrogens with zero attached hydrogens (tertiary/aromatic N) is 4. The van der Waals surface area contributed by atoms with E-state index >= 15 is 0 Å². The molecule has 2 aliphatic heterocycles. The topological polar surface area (TPSA) is 107 Å². The van der Waals surface area contributed by atoms with Crippen molar-refractivity contribution in [1.29, 1.82) is 0 Å². The van der Waals surface area contributed by atoms with E-state index in [1.54, 1.807) is 0 Å². The molecule has 5 rings (SSSR count). The van der Waals surface area contributed by atoms with Crippen LogP contribution in [0.1, 0.15) is 85.1 Å². The zero-order chi connectivity index (χ0) is 30.3. The summed E-state index contributed by atoms with van der Waals surface area (Å²) >= 11 is 0. The van der Waals surface area contributed by atoms with Crippen LogP contribution in [0.3, 0.4) is 0 Å². The Kier molecular flexibility index (Phi) is 9.47. The van der Waals surface area contributed by atoms with Gasteiger partial charge < -0.3 is 19.4 Å². The molecule has 227 valence electrons. The van der Waals surface area contributed by atoms with Gasteiger partial charge in [0.1, 0.15) is 0 Å². The number of carbonyl (C=O) groups excluding carboxylic acids is 2. The minimum Gasteiger partial charge on any atom is -0.657 e. The first-order valence-electron chi connectivity index (χ1n) is 14.2. The van der Waals surface area contributed by atoms with E-state index in [1.807, 2.05) is 38.1 Å². The summed E-state index contributed by atoms with van der Waals surface area (Å²) in [6, 6.07) is 7.95. The fraction of sp³-hybridized carbons (Fsp3) is 0.353. The van der Waals surface area contributed by atoms with Crippen LogP contribution in [0, 0.1) is 20.8 Å². The molecule has 2 aliphatic rings. The van der Waals surface area contributed by atoms with Crippen LogP contribution in [-0.2, 0) is 42.6 Å². The molecule has 5 heterocycles. The summed E-state index contributed by atoms with van der Waals surface area (Å²) in [6.45, 7) is 12.4. The molecule has 8 bridgehead atoms. The maximum Gasteiger partial charge on any atom is 2.00 e. The molecule has 0 amide bonds. The number of carbonyl (C=O) groups is 2. The number of fused-ring (bicyclic) bond motifs is 9. The molecule has 0 aliphatic carbocycles. The standard InChI is InChI=1S/C34H36N4O4.Cu/c1-17-19(3)33-34-20(4)18(2)28(38-34)16-30-22(6)24(10-14-32(40)42-8)26(36-30)12-11-25-23(9-13-31(39)41-7)21(5)29(35-25)15-27(17)37-33;/h11-12,15-16H,9-10,13-14H2,1-8H3;/q-2;+2. The smallest absolute Gasteiger partial charge is 0.657 e. The molecule has 0 unspecified atom stereocenters. The van der Waals surface area contributed by atoms with E-state index in [9.17, 15) is 9.59 Å². The average molecular weight is 628 g/mol. The summed E-state index contributed by atoms with van der Waals surface area (Å²) in [5.74, 6) is -0.539. The van der Waals surface area contributed by atoms with Gasteiger partial charge >= 0.3 is 29.0 Å². The van der Waals surface area contributed by atoms with Crippen LogP contribution < -0.4 is 9.97 Å². The van der Waals surface area contributed by atoms with Gasteiger partial charge in [-0.05, 0) is 82.7 Å². The van der Waals surface area contributed by atoms with E-state index in [2.05, 4.69) is 27.7 Å². The minimum absolute atomic E-state index is 0. The predicted molar refractivity (Wildman–Crippen MR) is 165 cm³/mol. The summed E-state index contributed by atoms with van der Waals surface area (Å²) in [5.41, 5.74) is 14.9. The maximum atomic E-state index is 12.0. The van der Waals surface area contributed by atoms with Crippen LogP contribution in [0.25, 0.3) is 44.4 Å². The number of aromatic nitrogens is 4. The van der Waals surface area contributed by atoms with E-state index in [0.717, 1.165) is 89.4 Å². The number of allylic oxidation sites excluding steroid dienone is 4. The number of hydrogen-bond donors (Lipinski definition) is 0. The second kappa shape index (κ2) is 12.7. The molecule has 43 heavy (non-hydrogen) atoms. The van der Waals surface area contributed by atoms with Crippen molar-refractivity contribution in [2.75, 3.05) is 14.2 Å². The summed E-state index contributed by atoms with van der Waals surface area (Å²) in [7, 11) is 2.80. The Balaban J connectivity index is 0.00000423. The summed E-state index contributed by atoms with van der Waals surface area (Å²) in [4.78, 5) is 44.2. The first-order valence-corrected chi connectivity index (χ1v) is 14.2. The Morgan fingerprint density at radius 1 is 0.674 bits per heavy atom. The first kappa shape index (κ1) is 32.0. The molecular formula is C34H36CuN4O4. The van der Waals surface area contributed by atoms with Gasteiger partial charge in [-0.3, -0.25) is 9.59 Å². The monoisotopic (exact) mass is 627 g/mol. The Morgan fingerprint density at radius 2 is 1.28 bits per heavy atom. The normalized spacial score (nSPS) is 12.8. The average Bonchev–Trinajstić information content (AvgIpc) is 3.63. The molecule has 3 aromatic rings. The Labute approximate surface area is 262 Å². The van der Waals surface area contributed by atoms with Crippen LogP contribution in [0.5, 0.6) is 0 Å². The third kappa shape index (κ3) is 5.97. The summed E-state index contributed by atoms with van der Waals surface area (Å²) in [5, 5.41) is 0. The van der Waals surface area contributed by atoms with E-state index in [-0.39, 0.29) is 41.8 Å². The SMILES string of the molecule is COC(=O)CCC1=C(C)c2cc3[n-]c(c4nc(cc5[n-]c(ccc1n2)c(CCC(=O)OC)c5C)C(C)=C4C)c(C)c3C.[Cu+2]. The Bertz CT molecular complexity index is 1860. The van der Waals surface area contributed by atoms with Crippen molar-refractivity contribution in [2.45, 2.75) is 67.2 Å². The van der Waals surface area contributed by atoms with Crippen molar-refractivity contribution in [3.05, 3.63) is 69.3 Å². The van der Waals surface area contributed by atoms with Gasteiger partial charge in [-0.25, -0.2) is 9.97 Å². The van der Waals surface area contributed by atoms with Gasteiger partial charge in [-0.2, -0.15) is 0 Å². The van der Waals surface area contributed by atoms with Gasteiger partial charge in [-0.1, -0.05) is 40.5 Å². The van der Waals surface area contributed by atoms with Crippen LogP contribution in [-0.4, -0.2) is 36.1 Å². The van der Waals surface area contributed by atoms with Crippen LogP contribution in [0.4, 0.5) is 0 Å². The number of esters is 2. The van der Waals surface area contributed by atoms with Crippen molar-refractivity contribution < 1.29 is 36.1 Å². The quantitative estimate of drug-likeness (QED) is 0.227. The molecule has 1 radical (unpaired) electrons. The number of methoxy groups -OCH3 is 2. The molecule has 0 saturated carbocycles. The van der Waals surface area contributed by atoms with Crippen molar-refractivity contribution >= 4 is 56.3 Å². The molecule has 0 saturated heterocycles. The van der Waals surface area contributed by atoms with Gasteiger partial charge in [0.15, 0.2) is 0 Å². The van der Waals surface area contributed by atoms with Crippen LogP contribution in [0.2, 0.25) is 0 Å². The summed E-state index contributed by atoms with van der Waals surface area (Å²) < 4.78 is 9.82. The Morgan fingerprint density at radius 3 is 1.93 bits per heavy atom. The molecule has 0 atom stereocenters. The van der Waals surface area contributed by atoms with E-state index < -0.39 is 0 Å². The number of rotatable bonds is 6. The first-order chi connectivity index (χ1) is 20.0. The fourth-order valence-corrected chi connectivity index (χ4v) is 5.58. The zero-order valence-corrected chi connectivity index (χ0v) is 26.8. The molecule has 0 fully saturated rings. The van der Waals surface area contributed by atoms with Gasteiger partial charge in [0.05, 0.1) is 37.0 Å². The van der Waals surface area contributed by atoms with Gasteiger partial charge in [0.2, 0.25) is 0 Å². The number of aryl methyl sites for hydroxylation is 4. The predicted octanol–water partition coefficient (Wildman–Crippen LogP) is 6.44. The van der Waals surface area contributed by atoms with E-state index in [1.165, 1.54) is 14.2 Å². The van der Waals surface area contributed by atoms with Crippen LogP contribution >= 0.6 is 0 Å². The van der Waals surface area contributed by atoms with Crippen LogP contribution in [0.15, 0.2) is 24.3 Å². The van der Waals surface area contributed by atoms with Crippen molar-refractivity contribution in [3.8, 4) is 0 Å². The molecule has 9 heteroatoms. The maximum absolute atomic E-state index is 12.0. The van der Waals surface area contributed by atoms with Gasteiger partial charge in [-0.15, -0.1) is 22.1 Å². The van der Waals surface area contributed by atoms with Crippen molar-refractivity contribution in [3.63, 3.8) is 0 Å². The van der Waals surface area contributed by atoms with Gasteiger partial charge in [0, 0.05) is 12.8 Å². The van der Waals surface area contributed by atoms with Gasteiger partial charge in [0.25, 0.3) is 0 Å². The Hall–Kier alpha value is -3.94. The van der Waals surface area contributed by atoms with E-state index in [4.69, 9.17) is 29.4 Å². The number of ether oxygens (including phenoxy) is 2. The third-order valence-electron chi connectivity index (χ3n) is 8.63. The minimum atomic E-state index is -0.270. The largest absolute Gasteiger partial charge is 2.00 e. The van der Waals surface area contributed by atoms with Crippen molar-refractivity contribution in [2.24, 2.45) is 0 Å². The number of hydrogen-bond acceptors (Lipinski definition) is 6. The molecule has 0 N–H and O–H groups in total. The van der Waals surface area contributed by atoms with Crippen molar-refractivity contribution in [1.82, 2.24) is 19.9 Å². The second-order valence-electron chi connectivity index (χ2n) is 10.9. The second-order valence-corrected chi connectivity index (χ2v) is 10.9. The molecule has 0 spiro atoms. The molecule has 3 aromatic heterocycles. The zero-order valence-electron chi connectivity index (χ0n) is 25.9.